The van der Waals surface area contributed by atoms with Crippen molar-refractivity contribution in [2.75, 3.05) is 0 Å². The Morgan fingerprint density at radius 1 is 1.07 bits per heavy atom. The van der Waals surface area contributed by atoms with Gasteiger partial charge >= 0.3 is 11.9 Å². The van der Waals surface area contributed by atoms with E-state index in [0.29, 0.717) is 6.42 Å². The van der Waals surface area contributed by atoms with Crippen molar-refractivity contribution in [3.63, 3.8) is 0 Å². The molecule has 4 nitrogen and oxygen atoms in total. The molecule has 0 atom stereocenters. The Morgan fingerprint density at radius 3 is 1.93 bits per heavy atom. The Balaban J connectivity index is 2.82. The van der Waals surface area contributed by atoms with Gasteiger partial charge in [0.15, 0.2) is 5.41 Å². The van der Waals surface area contributed by atoms with Gasteiger partial charge in [-0.3, -0.25) is 9.59 Å². The first-order valence-corrected chi connectivity index (χ1v) is 5.29. The molecule has 1 saturated heterocycles. The molecule has 0 aromatic rings. The van der Waals surface area contributed by atoms with Crippen LogP contribution in [-0.2, 0) is 19.1 Å². The number of hydrogen-bond donors (Lipinski definition) is 0. The number of cyclic esters (lactones) is 2. The van der Waals surface area contributed by atoms with Crippen LogP contribution < -0.4 is 0 Å². The zero-order valence-corrected chi connectivity index (χ0v) is 9.75. The van der Waals surface area contributed by atoms with E-state index in [1.165, 1.54) is 0 Å². The second-order valence-electron chi connectivity index (χ2n) is 4.61. The van der Waals surface area contributed by atoms with Gasteiger partial charge in [0.1, 0.15) is 0 Å². The summed E-state index contributed by atoms with van der Waals surface area (Å²) >= 11 is 0. The molecule has 0 unspecified atom stereocenters. The van der Waals surface area contributed by atoms with E-state index >= 15 is 0 Å². The highest BCUT2D eigenvalue weighted by atomic mass is 16.7. The minimum absolute atomic E-state index is 0.475. The molecule has 0 saturated carbocycles. The minimum atomic E-state index is -1.13. The van der Waals surface area contributed by atoms with Crippen LogP contribution in [0.2, 0.25) is 0 Å². The van der Waals surface area contributed by atoms with Gasteiger partial charge in [0, 0.05) is 13.8 Å². The van der Waals surface area contributed by atoms with Crippen molar-refractivity contribution in [2.45, 2.75) is 52.7 Å². The van der Waals surface area contributed by atoms with Crippen molar-refractivity contribution in [1.82, 2.24) is 0 Å². The van der Waals surface area contributed by atoms with Crippen molar-refractivity contribution < 1.29 is 19.1 Å². The molecular formula is C11H18O4. The lowest BCUT2D eigenvalue weighted by atomic mass is 9.84. The largest absolute Gasteiger partial charge is 0.422 e. The van der Waals surface area contributed by atoms with Crippen LogP contribution in [-0.4, -0.2) is 17.7 Å². The average molecular weight is 214 g/mol. The second kappa shape index (κ2) is 3.83. The maximum atomic E-state index is 11.7. The van der Waals surface area contributed by atoms with E-state index in [-0.39, 0.29) is 0 Å². The van der Waals surface area contributed by atoms with Gasteiger partial charge in [-0.2, -0.15) is 0 Å². The third kappa shape index (κ3) is 2.30. The first-order chi connectivity index (χ1) is 6.82. The fraction of sp³-hybridized carbons (Fsp3) is 0.818. The van der Waals surface area contributed by atoms with Crippen molar-refractivity contribution >= 4 is 11.9 Å². The quantitative estimate of drug-likeness (QED) is 0.532. The van der Waals surface area contributed by atoms with E-state index in [4.69, 9.17) is 9.47 Å². The molecule has 0 amide bonds. The Hall–Kier alpha value is -1.06. The van der Waals surface area contributed by atoms with Crippen molar-refractivity contribution in [3.05, 3.63) is 0 Å². The summed E-state index contributed by atoms with van der Waals surface area (Å²) in [5.74, 6) is -2.07. The number of rotatable bonds is 3. The predicted octanol–water partition coefficient (Wildman–Crippen LogP) is 2.02. The Labute approximate surface area is 89.9 Å². The monoisotopic (exact) mass is 214 g/mol. The number of carbonyl (C=O) groups excluding carboxylic acids is 2. The summed E-state index contributed by atoms with van der Waals surface area (Å²) in [7, 11) is 0. The number of esters is 2. The van der Waals surface area contributed by atoms with Crippen LogP contribution in [0.5, 0.6) is 0 Å². The molecular weight excluding hydrogens is 196 g/mol. The van der Waals surface area contributed by atoms with Crippen LogP contribution in [0.1, 0.15) is 47.0 Å². The van der Waals surface area contributed by atoms with Gasteiger partial charge in [-0.05, 0) is 13.3 Å². The molecule has 0 aromatic carbocycles. The van der Waals surface area contributed by atoms with Crippen LogP contribution in [0.3, 0.4) is 0 Å². The lowest BCUT2D eigenvalue weighted by Crippen LogP contribution is -2.52. The molecule has 1 heterocycles. The number of carbonyl (C=O) groups is 2. The van der Waals surface area contributed by atoms with Crippen molar-refractivity contribution in [1.29, 1.82) is 0 Å². The third-order valence-electron chi connectivity index (χ3n) is 2.61. The summed E-state index contributed by atoms with van der Waals surface area (Å²) in [5, 5.41) is 0. The highest BCUT2D eigenvalue weighted by molar-refractivity contribution is 6.01. The summed E-state index contributed by atoms with van der Waals surface area (Å²) in [4.78, 5) is 23.4. The molecule has 86 valence electrons. The van der Waals surface area contributed by atoms with E-state index in [1.54, 1.807) is 20.8 Å². The van der Waals surface area contributed by atoms with Gasteiger partial charge in [-0.15, -0.1) is 0 Å². The summed E-state index contributed by atoms with van der Waals surface area (Å²) in [6, 6.07) is 0. The molecule has 1 aliphatic heterocycles. The van der Waals surface area contributed by atoms with Crippen LogP contribution in [0.4, 0.5) is 0 Å². The van der Waals surface area contributed by atoms with E-state index in [0.717, 1.165) is 12.8 Å². The third-order valence-corrected chi connectivity index (χ3v) is 2.61. The zero-order chi connectivity index (χ0) is 11.7. The summed E-state index contributed by atoms with van der Waals surface area (Å²) in [5.41, 5.74) is -1.12. The number of unbranched alkanes of at least 4 members (excludes halogenated alkanes) is 1. The maximum Gasteiger partial charge on any atom is 0.326 e. The molecule has 0 spiro atoms. The van der Waals surface area contributed by atoms with Gasteiger partial charge in [-0.25, -0.2) is 0 Å². The van der Waals surface area contributed by atoms with Gasteiger partial charge in [0.25, 0.3) is 5.79 Å². The Kier molecular flexibility index (Phi) is 3.07. The van der Waals surface area contributed by atoms with E-state index < -0.39 is 23.1 Å². The lowest BCUT2D eigenvalue weighted by molar-refractivity contribution is -0.250. The molecule has 1 aliphatic rings. The number of ether oxygens (including phenoxy) is 2. The minimum Gasteiger partial charge on any atom is -0.422 e. The Morgan fingerprint density at radius 2 is 1.53 bits per heavy atom. The van der Waals surface area contributed by atoms with E-state index in [2.05, 4.69) is 0 Å². The summed E-state index contributed by atoms with van der Waals surface area (Å²) in [6.45, 7) is 6.71. The zero-order valence-electron chi connectivity index (χ0n) is 9.75. The fourth-order valence-electron chi connectivity index (χ4n) is 1.51. The molecule has 0 radical (unpaired) electrons. The maximum absolute atomic E-state index is 11.7. The predicted molar refractivity (Wildman–Crippen MR) is 53.9 cm³/mol. The molecule has 0 N–H and O–H groups in total. The van der Waals surface area contributed by atoms with Gasteiger partial charge in [0.05, 0.1) is 0 Å². The van der Waals surface area contributed by atoms with Crippen LogP contribution in [0.15, 0.2) is 0 Å². The first kappa shape index (κ1) is 12.0. The molecule has 4 heteroatoms. The lowest BCUT2D eigenvalue weighted by Gasteiger charge is -2.38. The second-order valence-corrected chi connectivity index (χ2v) is 4.61. The van der Waals surface area contributed by atoms with Crippen LogP contribution in [0, 0.1) is 5.41 Å². The average Bonchev–Trinajstić information content (AvgIpc) is 2.10. The topological polar surface area (TPSA) is 52.6 Å². The highest BCUT2D eigenvalue weighted by Gasteiger charge is 2.52. The van der Waals surface area contributed by atoms with Gasteiger partial charge < -0.3 is 9.47 Å². The Bertz CT molecular complexity index is 260. The number of hydrogen-bond acceptors (Lipinski definition) is 4. The van der Waals surface area contributed by atoms with E-state index in [1.807, 2.05) is 6.92 Å². The molecule has 0 aromatic heterocycles. The fourth-order valence-corrected chi connectivity index (χ4v) is 1.51. The summed E-state index contributed by atoms with van der Waals surface area (Å²) < 4.78 is 10.1. The smallest absolute Gasteiger partial charge is 0.326 e. The SMILES string of the molecule is CCCCC1(C)C(=O)OC(C)(C)OC1=O. The molecule has 1 rings (SSSR count). The van der Waals surface area contributed by atoms with Crippen molar-refractivity contribution in [2.24, 2.45) is 5.41 Å². The molecule has 15 heavy (non-hydrogen) atoms. The van der Waals surface area contributed by atoms with Gasteiger partial charge in [-0.1, -0.05) is 19.8 Å². The molecule has 0 bridgehead atoms. The van der Waals surface area contributed by atoms with Crippen LogP contribution in [0.25, 0.3) is 0 Å². The van der Waals surface area contributed by atoms with E-state index in [9.17, 15) is 9.59 Å². The normalized spacial score (nSPS) is 23.2. The summed E-state index contributed by atoms with van der Waals surface area (Å²) in [6.07, 6.45) is 2.22. The first-order valence-electron chi connectivity index (χ1n) is 5.29. The molecule has 0 aliphatic carbocycles. The van der Waals surface area contributed by atoms with Gasteiger partial charge in [0.2, 0.25) is 0 Å². The van der Waals surface area contributed by atoms with Crippen molar-refractivity contribution in [3.8, 4) is 0 Å². The molecule has 1 fully saturated rings. The highest BCUT2D eigenvalue weighted by Crippen LogP contribution is 2.35. The standard InChI is InChI=1S/C11H18O4/c1-5-6-7-11(4)8(12)14-10(2,3)15-9(11)13/h5-7H2,1-4H3. The van der Waals surface area contributed by atoms with Crippen LogP contribution >= 0.6 is 0 Å².